The molecule has 0 aromatic rings. The van der Waals surface area contributed by atoms with Crippen molar-refractivity contribution in [2.45, 2.75) is 32.8 Å². The maximum atomic E-state index is 8.67. The molecule has 0 amide bonds. The van der Waals surface area contributed by atoms with Crippen molar-refractivity contribution < 1.29 is 5.11 Å². The van der Waals surface area contributed by atoms with Crippen molar-refractivity contribution in [2.75, 3.05) is 0 Å². The van der Waals surface area contributed by atoms with Crippen molar-refractivity contribution in [1.29, 1.82) is 0 Å². The van der Waals surface area contributed by atoms with E-state index in [-0.39, 0.29) is 35.7 Å². The average molecular weight is 112 g/mol. The van der Waals surface area contributed by atoms with Crippen LogP contribution in [0.5, 0.6) is 0 Å². The van der Waals surface area contributed by atoms with Gasteiger partial charge in [0, 0.05) is 0 Å². The Morgan fingerprint density at radius 1 is 1.29 bits per heavy atom. The van der Waals surface area contributed by atoms with Gasteiger partial charge in [-0.2, -0.15) is 0 Å². The van der Waals surface area contributed by atoms with Crippen LogP contribution in [0.25, 0.3) is 0 Å². The summed E-state index contributed by atoms with van der Waals surface area (Å²) >= 11 is 0. The molecule has 0 aromatic carbocycles. The molecule has 0 fully saturated rings. The number of hydrogen-bond acceptors (Lipinski definition) is 1. The SMILES string of the molecule is CCC(O)CC.[NaH]. The molecule has 0 spiro atoms. The van der Waals surface area contributed by atoms with Gasteiger partial charge < -0.3 is 5.11 Å². The number of aliphatic hydroxyl groups excluding tert-OH is 1. The molecule has 1 nitrogen and oxygen atoms in total. The van der Waals surface area contributed by atoms with Crippen molar-refractivity contribution >= 4 is 29.6 Å². The standard InChI is InChI=1S/C5H12O.Na.H/c1-3-5(6)4-2;;/h5-6H,3-4H2,1-2H3;;. The van der Waals surface area contributed by atoms with Gasteiger partial charge >= 0.3 is 29.6 Å². The third-order valence-corrected chi connectivity index (χ3v) is 0.942. The molecule has 0 rings (SSSR count). The Kier molecular flexibility index (Phi) is 10.8. The van der Waals surface area contributed by atoms with Gasteiger partial charge in [0.1, 0.15) is 0 Å². The molecular formula is C5H13NaO. The number of rotatable bonds is 2. The van der Waals surface area contributed by atoms with E-state index in [1.807, 2.05) is 13.8 Å². The minimum atomic E-state index is -0.0648. The van der Waals surface area contributed by atoms with E-state index >= 15 is 0 Å². The topological polar surface area (TPSA) is 20.2 Å². The van der Waals surface area contributed by atoms with Crippen molar-refractivity contribution in [2.24, 2.45) is 0 Å². The molecule has 2 heteroatoms. The third kappa shape index (κ3) is 6.96. The molecular weight excluding hydrogens is 99.0 g/mol. The molecule has 0 aliphatic rings. The monoisotopic (exact) mass is 112 g/mol. The number of aliphatic hydroxyl groups is 1. The molecule has 0 heterocycles. The second kappa shape index (κ2) is 6.96. The summed E-state index contributed by atoms with van der Waals surface area (Å²) < 4.78 is 0. The van der Waals surface area contributed by atoms with Crippen LogP contribution < -0.4 is 0 Å². The fourth-order valence-corrected chi connectivity index (χ4v) is 0.289. The molecule has 0 aliphatic heterocycles. The summed E-state index contributed by atoms with van der Waals surface area (Å²) in [5, 5.41) is 8.67. The quantitative estimate of drug-likeness (QED) is 0.516. The van der Waals surface area contributed by atoms with E-state index in [0.717, 1.165) is 12.8 Å². The molecule has 0 unspecified atom stereocenters. The van der Waals surface area contributed by atoms with Crippen LogP contribution in [0.4, 0.5) is 0 Å². The van der Waals surface area contributed by atoms with E-state index in [2.05, 4.69) is 0 Å². The van der Waals surface area contributed by atoms with E-state index in [1.54, 1.807) is 0 Å². The van der Waals surface area contributed by atoms with Gasteiger partial charge in [0.05, 0.1) is 6.10 Å². The molecule has 0 atom stereocenters. The Hall–Kier alpha value is 0.960. The Bertz CT molecular complexity index is 27.3. The first kappa shape index (κ1) is 10.9. The second-order valence-corrected chi connectivity index (χ2v) is 1.47. The fourth-order valence-electron chi connectivity index (χ4n) is 0.289. The third-order valence-electron chi connectivity index (χ3n) is 0.942. The second-order valence-electron chi connectivity index (χ2n) is 1.47. The Morgan fingerprint density at radius 2 is 1.57 bits per heavy atom. The molecule has 40 valence electrons. The number of hydrogen-bond donors (Lipinski definition) is 1. The summed E-state index contributed by atoms with van der Waals surface area (Å²) in [6.07, 6.45) is 1.71. The van der Waals surface area contributed by atoms with E-state index in [4.69, 9.17) is 5.11 Å². The molecule has 0 aliphatic carbocycles. The van der Waals surface area contributed by atoms with E-state index in [0.29, 0.717) is 0 Å². The molecule has 1 N–H and O–H groups in total. The van der Waals surface area contributed by atoms with Crippen LogP contribution in [0, 0.1) is 0 Å². The van der Waals surface area contributed by atoms with Gasteiger partial charge in [0.25, 0.3) is 0 Å². The zero-order valence-corrected chi connectivity index (χ0v) is 4.44. The molecule has 7 heavy (non-hydrogen) atoms. The zero-order chi connectivity index (χ0) is 4.99. The van der Waals surface area contributed by atoms with E-state index in [1.165, 1.54) is 0 Å². The van der Waals surface area contributed by atoms with Gasteiger partial charge in [0.2, 0.25) is 0 Å². The summed E-state index contributed by atoms with van der Waals surface area (Å²) in [4.78, 5) is 0. The van der Waals surface area contributed by atoms with Crippen LogP contribution in [0.15, 0.2) is 0 Å². The Labute approximate surface area is 67.4 Å². The van der Waals surface area contributed by atoms with Crippen LogP contribution in [0.3, 0.4) is 0 Å². The van der Waals surface area contributed by atoms with Crippen molar-refractivity contribution in [3.8, 4) is 0 Å². The van der Waals surface area contributed by atoms with Gasteiger partial charge in [0.15, 0.2) is 0 Å². The van der Waals surface area contributed by atoms with Gasteiger partial charge in [-0.05, 0) is 12.8 Å². The summed E-state index contributed by atoms with van der Waals surface area (Å²) in [6.45, 7) is 3.96. The fraction of sp³-hybridized carbons (Fsp3) is 1.00. The normalized spacial score (nSPS) is 8.57. The van der Waals surface area contributed by atoms with E-state index in [9.17, 15) is 0 Å². The van der Waals surface area contributed by atoms with Gasteiger partial charge in [-0.15, -0.1) is 0 Å². The molecule has 0 aromatic heterocycles. The maximum absolute atomic E-state index is 8.67. The predicted molar refractivity (Wildman–Crippen MR) is 33.7 cm³/mol. The first-order valence-corrected chi connectivity index (χ1v) is 2.49. The Morgan fingerprint density at radius 3 is 1.57 bits per heavy atom. The van der Waals surface area contributed by atoms with Gasteiger partial charge in [-0.25, -0.2) is 0 Å². The summed E-state index contributed by atoms with van der Waals surface area (Å²) in [5.41, 5.74) is 0. The first-order valence-electron chi connectivity index (χ1n) is 2.49. The molecule has 0 saturated carbocycles. The van der Waals surface area contributed by atoms with Gasteiger partial charge in [-0.3, -0.25) is 0 Å². The van der Waals surface area contributed by atoms with Crippen LogP contribution in [0.2, 0.25) is 0 Å². The van der Waals surface area contributed by atoms with Crippen molar-refractivity contribution in [3.05, 3.63) is 0 Å². The van der Waals surface area contributed by atoms with Crippen molar-refractivity contribution in [1.82, 2.24) is 0 Å². The zero-order valence-electron chi connectivity index (χ0n) is 4.44. The van der Waals surface area contributed by atoms with Crippen molar-refractivity contribution in [3.63, 3.8) is 0 Å². The molecule has 0 bridgehead atoms. The summed E-state index contributed by atoms with van der Waals surface area (Å²) in [7, 11) is 0. The average Bonchev–Trinajstić information content (AvgIpc) is 1.65. The molecule has 0 saturated heterocycles. The first-order chi connectivity index (χ1) is 2.81. The summed E-state index contributed by atoms with van der Waals surface area (Å²) in [6, 6.07) is 0. The minimum absolute atomic E-state index is 0. The Balaban J connectivity index is 0. The van der Waals surface area contributed by atoms with Crippen LogP contribution in [-0.4, -0.2) is 40.8 Å². The molecule has 0 radical (unpaired) electrons. The predicted octanol–water partition coefficient (Wildman–Crippen LogP) is 0.519. The van der Waals surface area contributed by atoms with Gasteiger partial charge in [-0.1, -0.05) is 13.8 Å². The van der Waals surface area contributed by atoms with E-state index < -0.39 is 0 Å². The van der Waals surface area contributed by atoms with Crippen LogP contribution in [-0.2, 0) is 0 Å². The van der Waals surface area contributed by atoms with Crippen LogP contribution >= 0.6 is 0 Å². The van der Waals surface area contributed by atoms with Crippen LogP contribution in [0.1, 0.15) is 26.7 Å². The summed E-state index contributed by atoms with van der Waals surface area (Å²) in [5.74, 6) is 0.